The highest BCUT2D eigenvalue weighted by atomic mass is 32.1. The molecule has 6 nitrogen and oxygen atoms in total. The average Bonchev–Trinajstić information content (AvgIpc) is 3.37. The second-order valence-corrected chi connectivity index (χ2v) is 8.76. The summed E-state index contributed by atoms with van der Waals surface area (Å²) in [7, 11) is 0. The Morgan fingerprint density at radius 3 is 2.30 bits per heavy atom. The molecule has 0 aliphatic carbocycles. The number of benzene rings is 2. The van der Waals surface area contributed by atoms with Crippen LogP contribution in [0.15, 0.2) is 72.1 Å². The second kappa shape index (κ2) is 12.0. The van der Waals surface area contributed by atoms with Gasteiger partial charge in [0.2, 0.25) is 0 Å². The smallest absolute Gasteiger partial charge is 0.326 e. The number of aliphatic carboxylic acids is 1. The highest BCUT2D eigenvalue weighted by Gasteiger charge is 2.21. The lowest BCUT2D eigenvalue weighted by Gasteiger charge is -2.22. The minimum atomic E-state index is -1.08. The van der Waals surface area contributed by atoms with Crippen molar-refractivity contribution in [3.63, 3.8) is 0 Å². The lowest BCUT2D eigenvalue weighted by molar-refractivity contribution is -0.139. The zero-order valence-corrected chi connectivity index (χ0v) is 19.4. The maximum atomic E-state index is 12.8. The number of carbonyl (C=O) groups excluding carboxylic acids is 2. The summed E-state index contributed by atoms with van der Waals surface area (Å²) < 4.78 is 0. The fourth-order valence-electron chi connectivity index (χ4n) is 3.43. The first-order valence-electron chi connectivity index (χ1n) is 11.0. The Morgan fingerprint density at radius 1 is 0.970 bits per heavy atom. The summed E-state index contributed by atoms with van der Waals surface area (Å²) in [5.74, 6) is -1.52. The largest absolute Gasteiger partial charge is 0.480 e. The molecule has 0 bridgehead atoms. The van der Waals surface area contributed by atoms with E-state index in [1.54, 1.807) is 12.1 Å². The van der Waals surface area contributed by atoms with Crippen molar-refractivity contribution >= 4 is 29.1 Å². The molecule has 0 saturated carbocycles. The summed E-state index contributed by atoms with van der Waals surface area (Å²) >= 11 is 1.43. The molecule has 33 heavy (non-hydrogen) atoms. The normalized spacial score (nSPS) is 11.5. The van der Waals surface area contributed by atoms with Crippen LogP contribution in [0.4, 0.5) is 0 Å². The predicted molar refractivity (Wildman–Crippen MR) is 129 cm³/mol. The van der Waals surface area contributed by atoms with Gasteiger partial charge in [-0.3, -0.25) is 9.59 Å². The number of unbranched alkanes of at least 4 members (excludes halogenated alkanes) is 1. The molecule has 2 N–H and O–H groups in total. The third kappa shape index (κ3) is 7.02. The lowest BCUT2D eigenvalue weighted by Crippen LogP contribution is -2.42. The monoisotopic (exact) mass is 464 g/mol. The molecule has 2 amide bonds. The minimum absolute atomic E-state index is 0.00508. The molecular weight excluding hydrogens is 436 g/mol. The van der Waals surface area contributed by atoms with Crippen LogP contribution in [0, 0.1) is 0 Å². The molecule has 1 aromatic heterocycles. The van der Waals surface area contributed by atoms with Gasteiger partial charge < -0.3 is 15.3 Å². The molecule has 3 aromatic rings. The Labute approximate surface area is 197 Å². The topological polar surface area (TPSA) is 86.7 Å². The van der Waals surface area contributed by atoms with Crippen LogP contribution in [-0.4, -0.2) is 40.4 Å². The number of carbonyl (C=O) groups is 3. The SMILES string of the molecule is CCCCN(Cc1ccc(C(=O)N[C@@H](Cc2ccccc2)C(=O)O)cc1)C(=O)c1cccs1. The Bertz CT molecular complexity index is 1050. The van der Waals surface area contributed by atoms with Crippen LogP contribution in [-0.2, 0) is 17.8 Å². The summed E-state index contributed by atoms with van der Waals surface area (Å²) in [6.45, 7) is 3.20. The third-order valence-corrected chi connectivity index (χ3v) is 6.13. The molecule has 0 saturated heterocycles. The van der Waals surface area contributed by atoms with Crippen LogP contribution >= 0.6 is 11.3 Å². The quantitative estimate of drug-likeness (QED) is 0.434. The van der Waals surface area contributed by atoms with E-state index in [1.807, 2.05) is 64.9 Å². The first kappa shape index (κ1) is 24.2. The van der Waals surface area contributed by atoms with Crippen LogP contribution in [0.1, 0.15) is 50.9 Å². The van der Waals surface area contributed by atoms with E-state index in [-0.39, 0.29) is 12.3 Å². The van der Waals surface area contributed by atoms with Gasteiger partial charge in [-0.05, 0) is 41.1 Å². The Kier molecular flexibility index (Phi) is 8.78. The van der Waals surface area contributed by atoms with Gasteiger partial charge in [0.25, 0.3) is 11.8 Å². The lowest BCUT2D eigenvalue weighted by atomic mass is 10.0. The summed E-state index contributed by atoms with van der Waals surface area (Å²) in [6.07, 6.45) is 2.11. The van der Waals surface area contributed by atoms with Gasteiger partial charge in [0.15, 0.2) is 0 Å². The molecule has 0 unspecified atom stereocenters. The molecule has 1 heterocycles. The van der Waals surface area contributed by atoms with E-state index in [2.05, 4.69) is 12.2 Å². The van der Waals surface area contributed by atoms with Crippen LogP contribution < -0.4 is 5.32 Å². The fourth-order valence-corrected chi connectivity index (χ4v) is 4.12. The summed E-state index contributed by atoms with van der Waals surface area (Å²) in [6, 6.07) is 18.8. The maximum Gasteiger partial charge on any atom is 0.326 e. The maximum absolute atomic E-state index is 12.8. The number of carboxylic acids is 1. The number of hydrogen-bond donors (Lipinski definition) is 2. The van der Waals surface area contributed by atoms with E-state index < -0.39 is 17.9 Å². The average molecular weight is 465 g/mol. The minimum Gasteiger partial charge on any atom is -0.480 e. The number of nitrogens with one attached hydrogen (secondary N) is 1. The van der Waals surface area contributed by atoms with Crippen LogP contribution in [0.25, 0.3) is 0 Å². The molecule has 0 aliphatic heterocycles. The molecule has 0 aliphatic rings. The van der Waals surface area contributed by atoms with Crippen molar-refractivity contribution in [2.24, 2.45) is 0 Å². The first-order chi connectivity index (χ1) is 16.0. The number of amides is 2. The van der Waals surface area contributed by atoms with Crippen LogP contribution in [0.3, 0.4) is 0 Å². The summed E-state index contributed by atoms with van der Waals surface area (Å²) in [5.41, 5.74) is 2.12. The van der Waals surface area contributed by atoms with Gasteiger partial charge in [-0.1, -0.05) is 61.9 Å². The van der Waals surface area contributed by atoms with Gasteiger partial charge in [-0.25, -0.2) is 4.79 Å². The molecule has 1 atom stereocenters. The van der Waals surface area contributed by atoms with E-state index in [9.17, 15) is 19.5 Å². The van der Waals surface area contributed by atoms with Gasteiger partial charge >= 0.3 is 5.97 Å². The zero-order valence-electron chi connectivity index (χ0n) is 18.6. The summed E-state index contributed by atoms with van der Waals surface area (Å²) in [4.78, 5) is 39.7. The Balaban J connectivity index is 1.65. The Morgan fingerprint density at radius 2 is 1.70 bits per heavy atom. The van der Waals surface area contributed by atoms with E-state index >= 15 is 0 Å². The van der Waals surface area contributed by atoms with Gasteiger partial charge in [-0.15, -0.1) is 11.3 Å². The van der Waals surface area contributed by atoms with E-state index in [0.717, 1.165) is 24.0 Å². The molecule has 172 valence electrons. The second-order valence-electron chi connectivity index (χ2n) is 7.81. The highest BCUT2D eigenvalue weighted by Crippen LogP contribution is 2.16. The van der Waals surface area contributed by atoms with Crippen molar-refractivity contribution in [3.8, 4) is 0 Å². The highest BCUT2D eigenvalue weighted by molar-refractivity contribution is 7.12. The van der Waals surface area contributed by atoms with E-state index in [0.29, 0.717) is 23.5 Å². The van der Waals surface area contributed by atoms with Crippen molar-refractivity contribution in [2.45, 2.75) is 38.8 Å². The number of rotatable bonds is 11. The summed E-state index contributed by atoms with van der Waals surface area (Å²) in [5, 5.41) is 14.0. The Hall–Kier alpha value is -3.45. The molecular formula is C26H28N2O4S. The van der Waals surface area contributed by atoms with Crippen molar-refractivity contribution in [2.75, 3.05) is 6.54 Å². The zero-order chi connectivity index (χ0) is 23.6. The van der Waals surface area contributed by atoms with Gasteiger partial charge in [0, 0.05) is 25.1 Å². The number of thiophene rings is 1. The van der Waals surface area contributed by atoms with Crippen molar-refractivity contribution in [3.05, 3.63) is 93.7 Å². The van der Waals surface area contributed by atoms with E-state index in [1.165, 1.54) is 11.3 Å². The van der Waals surface area contributed by atoms with Gasteiger partial charge in [-0.2, -0.15) is 0 Å². The van der Waals surface area contributed by atoms with Crippen LogP contribution in [0.2, 0.25) is 0 Å². The van der Waals surface area contributed by atoms with Crippen LogP contribution in [0.5, 0.6) is 0 Å². The fraction of sp³-hybridized carbons (Fsp3) is 0.269. The molecule has 0 fully saturated rings. The molecule has 2 aromatic carbocycles. The first-order valence-corrected chi connectivity index (χ1v) is 11.8. The van der Waals surface area contributed by atoms with Crippen molar-refractivity contribution in [1.82, 2.24) is 10.2 Å². The van der Waals surface area contributed by atoms with Crippen molar-refractivity contribution in [1.29, 1.82) is 0 Å². The predicted octanol–water partition coefficient (Wildman–Crippen LogP) is 4.62. The van der Waals surface area contributed by atoms with Gasteiger partial charge in [0.05, 0.1) is 4.88 Å². The van der Waals surface area contributed by atoms with Gasteiger partial charge in [0.1, 0.15) is 6.04 Å². The molecule has 3 rings (SSSR count). The molecule has 0 spiro atoms. The number of nitrogens with zero attached hydrogens (tertiary/aromatic N) is 1. The number of carboxylic acid groups (broad SMARTS) is 1. The van der Waals surface area contributed by atoms with E-state index in [4.69, 9.17) is 0 Å². The van der Waals surface area contributed by atoms with Crippen molar-refractivity contribution < 1.29 is 19.5 Å². The number of hydrogen-bond acceptors (Lipinski definition) is 4. The standard InChI is InChI=1S/C26H28N2O4S/c1-2-3-15-28(25(30)23-10-7-16-33-23)18-20-11-13-21(14-12-20)24(29)27-22(26(31)32)17-19-8-5-4-6-9-19/h4-14,16,22H,2-3,15,17-18H2,1H3,(H,27,29)(H,31,32)/t22-/m0/s1. The molecule has 7 heteroatoms. The third-order valence-electron chi connectivity index (χ3n) is 5.28. The molecule has 0 radical (unpaired) electrons.